The molecule has 0 aromatic heterocycles. The molecule has 0 unspecified atom stereocenters. The molecule has 0 aliphatic heterocycles. The monoisotopic (exact) mass is 358 g/mol. The molecule has 0 amide bonds. The van der Waals surface area contributed by atoms with Gasteiger partial charge in [-0.2, -0.15) is 0 Å². The van der Waals surface area contributed by atoms with Crippen molar-refractivity contribution < 1.29 is 24.1 Å². The topological polar surface area (TPSA) is 65.0 Å². The maximum absolute atomic E-state index is 10.8. The SMILES string of the molecule is COc1ccc(CCC(=O)O)c(OCCOc2ccc(C(C)C)cc2)c1. The van der Waals surface area contributed by atoms with Crippen molar-refractivity contribution in [1.82, 2.24) is 0 Å². The molecule has 0 bridgehead atoms. The van der Waals surface area contributed by atoms with Gasteiger partial charge in [0, 0.05) is 12.5 Å². The van der Waals surface area contributed by atoms with E-state index in [-0.39, 0.29) is 6.42 Å². The number of ether oxygens (including phenoxy) is 3. The van der Waals surface area contributed by atoms with Crippen LogP contribution in [0.4, 0.5) is 0 Å². The van der Waals surface area contributed by atoms with Gasteiger partial charge in [0.2, 0.25) is 0 Å². The molecular formula is C21H26O5. The zero-order valence-corrected chi connectivity index (χ0v) is 15.5. The molecule has 0 spiro atoms. The highest BCUT2D eigenvalue weighted by Gasteiger charge is 2.08. The smallest absolute Gasteiger partial charge is 0.303 e. The summed E-state index contributed by atoms with van der Waals surface area (Å²) in [5.74, 6) is 1.76. The second-order valence-corrected chi connectivity index (χ2v) is 6.29. The highest BCUT2D eigenvalue weighted by Crippen LogP contribution is 2.26. The lowest BCUT2D eigenvalue weighted by atomic mass is 10.0. The Kier molecular flexibility index (Phi) is 7.33. The van der Waals surface area contributed by atoms with E-state index in [4.69, 9.17) is 19.3 Å². The molecule has 5 nitrogen and oxygen atoms in total. The Morgan fingerprint density at radius 1 is 1.00 bits per heavy atom. The van der Waals surface area contributed by atoms with Crippen LogP contribution in [0.15, 0.2) is 42.5 Å². The molecule has 0 heterocycles. The molecule has 140 valence electrons. The van der Waals surface area contributed by atoms with Crippen molar-refractivity contribution in [2.24, 2.45) is 0 Å². The lowest BCUT2D eigenvalue weighted by molar-refractivity contribution is -0.136. The molecule has 0 aliphatic carbocycles. The van der Waals surface area contributed by atoms with Crippen molar-refractivity contribution in [3.63, 3.8) is 0 Å². The van der Waals surface area contributed by atoms with Crippen LogP contribution in [-0.4, -0.2) is 31.4 Å². The summed E-state index contributed by atoms with van der Waals surface area (Å²) in [6, 6.07) is 13.5. The van der Waals surface area contributed by atoms with E-state index < -0.39 is 5.97 Å². The predicted octanol–water partition coefficient (Wildman–Crippen LogP) is 4.29. The predicted molar refractivity (Wildman–Crippen MR) is 100 cm³/mol. The Morgan fingerprint density at radius 3 is 2.27 bits per heavy atom. The van der Waals surface area contributed by atoms with Gasteiger partial charge in [0.1, 0.15) is 30.5 Å². The van der Waals surface area contributed by atoms with E-state index in [0.29, 0.717) is 37.1 Å². The van der Waals surface area contributed by atoms with Crippen LogP contribution in [0.5, 0.6) is 17.2 Å². The van der Waals surface area contributed by atoms with Crippen LogP contribution < -0.4 is 14.2 Å². The Labute approximate surface area is 154 Å². The van der Waals surface area contributed by atoms with Crippen LogP contribution in [0.25, 0.3) is 0 Å². The molecule has 26 heavy (non-hydrogen) atoms. The van der Waals surface area contributed by atoms with Crippen LogP contribution in [0.1, 0.15) is 37.3 Å². The van der Waals surface area contributed by atoms with Crippen LogP contribution in [0.2, 0.25) is 0 Å². The van der Waals surface area contributed by atoms with E-state index in [1.807, 2.05) is 18.2 Å². The molecule has 2 rings (SSSR count). The third-order valence-electron chi connectivity index (χ3n) is 4.04. The summed E-state index contributed by atoms with van der Waals surface area (Å²) in [4.78, 5) is 10.8. The summed E-state index contributed by atoms with van der Waals surface area (Å²) >= 11 is 0. The van der Waals surface area contributed by atoms with E-state index in [2.05, 4.69) is 26.0 Å². The Bertz CT molecular complexity index is 707. The maximum atomic E-state index is 10.8. The van der Waals surface area contributed by atoms with E-state index in [0.717, 1.165) is 11.3 Å². The Balaban J connectivity index is 1.90. The molecular weight excluding hydrogens is 332 g/mol. The quantitative estimate of drug-likeness (QED) is 0.642. The number of benzene rings is 2. The van der Waals surface area contributed by atoms with Crippen LogP contribution in [0.3, 0.4) is 0 Å². The molecule has 0 saturated heterocycles. The number of carboxylic acid groups (broad SMARTS) is 1. The number of aryl methyl sites for hydroxylation is 1. The molecule has 0 saturated carbocycles. The van der Waals surface area contributed by atoms with Crippen molar-refractivity contribution in [2.75, 3.05) is 20.3 Å². The zero-order valence-electron chi connectivity index (χ0n) is 15.5. The third-order valence-corrected chi connectivity index (χ3v) is 4.04. The minimum absolute atomic E-state index is 0.0569. The third kappa shape index (κ3) is 5.99. The molecule has 0 atom stereocenters. The summed E-state index contributed by atoms with van der Waals surface area (Å²) in [5.41, 5.74) is 2.11. The zero-order chi connectivity index (χ0) is 18.9. The highest BCUT2D eigenvalue weighted by molar-refractivity contribution is 5.67. The van der Waals surface area contributed by atoms with Gasteiger partial charge >= 0.3 is 5.97 Å². The van der Waals surface area contributed by atoms with Gasteiger partial charge in [-0.05, 0) is 41.7 Å². The standard InChI is InChI=1S/C21H26O5/c1-15(2)16-4-8-18(9-5-16)25-12-13-26-20-14-19(24-3)10-6-17(20)7-11-21(22)23/h4-6,8-10,14-15H,7,11-13H2,1-3H3,(H,22,23). The summed E-state index contributed by atoms with van der Waals surface area (Å²) in [6.07, 6.45) is 0.466. The minimum atomic E-state index is -0.833. The molecule has 5 heteroatoms. The fourth-order valence-electron chi connectivity index (χ4n) is 2.50. The van der Waals surface area contributed by atoms with Crippen molar-refractivity contribution in [3.05, 3.63) is 53.6 Å². The minimum Gasteiger partial charge on any atom is -0.497 e. The summed E-state index contributed by atoms with van der Waals surface area (Å²) in [7, 11) is 1.58. The van der Waals surface area contributed by atoms with Crippen molar-refractivity contribution in [2.45, 2.75) is 32.6 Å². The average Bonchev–Trinajstić information content (AvgIpc) is 2.64. The number of rotatable bonds is 10. The molecule has 0 aliphatic rings. The highest BCUT2D eigenvalue weighted by atomic mass is 16.5. The van der Waals surface area contributed by atoms with Gasteiger partial charge in [-0.1, -0.05) is 32.0 Å². The lowest BCUT2D eigenvalue weighted by Gasteiger charge is -2.13. The molecule has 2 aromatic carbocycles. The summed E-state index contributed by atoms with van der Waals surface area (Å²) in [5, 5.41) is 8.87. The van der Waals surface area contributed by atoms with Gasteiger partial charge in [-0.25, -0.2) is 0 Å². The first kappa shape index (κ1) is 19.6. The Hall–Kier alpha value is -2.69. The van der Waals surface area contributed by atoms with Gasteiger partial charge in [-0.15, -0.1) is 0 Å². The second kappa shape index (κ2) is 9.70. The summed E-state index contributed by atoms with van der Waals surface area (Å²) < 4.78 is 16.7. The second-order valence-electron chi connectivity index (χ2n) is 6.29. The first-order valence-electron chi connectivity index (χ1n) is 8.74. The molecule has 2 aromatic rings. The molecule has 0 fully saturated rings. The maximum Gasteiger partial charge on any atom is 0.303 e. The lowest BCUT2D eigenvalue weighted by Crippen LogP contribution is -2.10. The normalized spacial score (nSPS) is 10.6. The average molecular weight is 358 g/mol. The van der Waals surface area contributed by atoms with E-state index in [1.54, 1.807) is 19.2 Å². The molecule has 1 N–H and O–H groups in total. The van der Waals surface area contributed by atoms with Gasteiger partial charge < -0.3 is 19.3 Å². The molecule has 0 radical (unpaired) electrons. The number of methoxy groups -OCH3 is 1. The van der Waals surface area contributed by atoms with E-state index in [1.165, 1.54) is 5.56 Å². The number of carbonyl (C=O) groups is 1. The number of aliphatic carboxylic acids is 1. The first-order chi connectivity index (χ1) is 12.5. The van der Waals surface area contributed by atoms with Gasteiger partial charge in [0.15, 0.2) is 0 Å². The van der Waals surface area contributed by atoms with E-state index in [9.17, 15) is 4.79 Å². The van der Waals surface area contributed by atoms with Crippen molar-refractivity contribution in [1.29, 1.82) is 0 Å². The van der Waals surface area contributed by atoms with Gasteiger partial charge in [-0.3, -0.25) is 4.79 Å². The fraction of sp³-hybridized carbons (Fsp3) is 0.381. The largest absolute Gasteiger partial charge is 0.497 e. The van der Waals surface area contributed by atoms with Crippen LogP contribution in [-0.2, 0) is 11.2 Å². The Morgan fingerprint density at radius 2 is 1.65 bits per heavy atom. The number of carboxylic acids is 1. The van der Waals surface area contributed by atoms with E-state index >= 15 is 0 Å². The van der Waals surface area contributed by atoms with Crippen molar-refractivity contribution >= 4 is 5.97 Å². The number of hydrogen-bond donors (Lipinski definition) is 1. The van der Waals surface area contributed by atoms with Crippen molar-refractivity contribution in [3.8, 4) is 17.2 Å². The fourth-order valence-corrected chi connectivity index (χ4v) is 2.50. The van der Waals surface area contributed by atoms with Gasteiger partial charge in [0.25, 0.3) is 0 Å². The first-order valence-corrected chi connectivity index (χ1v) is 8.74. The van der Waals surface area contributed by atoms with Gasteiger partial charge in [0.05, 0.1) is 7.11 Å². The summed E-state index contributed by atoms with van der Waals surface area (Å²) in [6.45, 7) is 5.06. The number of hydrogen-bond acceptors (Lipinski definition) is 4. The van der Waals surface area contributed by atoms with Crippen LogP contribution in [0, 0.1) is 0 Å². The van der Waals surface area contributed by atoms with Crippen LogP contribution >= 0.6 is 0 Å².